The summed E-state index contributed by atoms with van der Waals surface area (Å²) in [4.78, 5) is 0. The van der Waals surface area contributed by atoms with Crippen LogP contribution in [0.3, 0.4) is 0 Å². The molecule has 66 valence electrons. The van der Waals surface area contributed by atoms with Crippen LogP contribution in [0.2, 0.25) is 0 Å². The van der Waals surface area contributed by atoms with Crippen LogP contribution in [0, 0.1) is 5.41 Å². The summed E-state index contributed by atoms with van der Waals surface area (Å²) in [6.07, 6.45) is 5.17. The Balaban J connectivity index is 2.36. The molecule has 1 rings (SSSR count). The molecule has 0 bridgehead atoms. The van der Waals surface area contributed by atoms with E-state index in [1.54, 1.807) is 0 Å². The van der Waals surface area contributed by atoms with Gasteiger partial charge in [-0.05, 0) is 31.1 Å². The molecule has 1 aliphatic carbocycles. The lowest BCUT2D eigenvalue weighted by Crippen LogP contribution is -2.41. The summed E-state index contributed by atoms with van der Waals surface area (Å²) in [7, 11) is 1.98. The van der Waals surface area contributed by atoms with Gasteiger partial charge in [0.2, 0.25) is 0 Å². The SMILES string of the molecule is CN(N)C1CCC(C)(C)CC1. The molecule has 2 nitrogen and oxygen atoms in total. The molecule has 2 N–H and O–H groups in total. The van der Waals surface area contributed by atoms with E-state index in [-0.39, 0.29) is 0 Å². The molecule has 0 spiro atoms. The van der Waals surface area contributed by atoms with Crippen LogP contribution in [0.5, 0.6) is 0 Å². The highest BCUT2D eigenvalue weighted by molar-refractivity contribution is 4.81. The number of hydrogen-bond acceptors (Lipinski definition) is 2. The lowest BCUT2D eigenvalue weighted by atomic mass is 9.75. The summed E-state index contributed by atoms with van der Waals surface area (Å²) in [5.41, 5.74) is 0.562. The standard InChI is InChI=1S/C9H20N2/c1-9(2)6-4-8(5-7-9)11(3)10/h8H,4-7,10H2,1-3H3. The smallest absolute Gasteiger partial charge is 0.0238 e. The summed E-state index contributed by atoms with van der Waals surface area (Å²) in [5.74, 6) is 5.69. The van der Waals surface area contributed by atoms with E-state index in [9.17, 15) is 0 Å². The van der Waals surface area contributed by atoms with Crippen molar-refractivity contribution < 1.29 is 0 Å². The Morgan fingerprint density at radius 1 is 1.27 bits per heavy atom. The fourth-order valence-corrected chi connectivity index (χ4v) is 1.79. The van der Waals surface area contributed by atoms with Gasteiger partial charge >= 0.3 is 0 Å². The van der Waals surface area contributed by atoms with E-state index < -0.39 is 0 Å². The summed E-state index contributed by atoms with van der Waals surface area (Å²) in [6.45, 7) is 4.69. The molecule has 0 heterocycles. The predicted octanol–water partition coefficient (Wildman–Crippen LogP) is 1.76. The summed E-state index contributed by atoms with van der Waals surface area (Å²) in [6, 6.07) is 0.628. The molecule has 0 aromatic carbocycles. The van der Waals surface area contributed by atoms with Crippen LogP contribution in [0.25, 0.3) is 0 Å². The molecule has 0 atom stereocenters. The highest BCUT2D eigenvalue weighted by Crippen LogP contribution is 2.35. The van der Waals surface area contributed by atoms with Gasteiger partial charge in [-0.2, -0.15) is 0 Å². The zero-order valence-corrected chi connectivity index (χ0v) is 7.93. The van der Waals surface area contributed by atoms with Gasteiger partial charge in [0.05, 0.1) is 0 Å². The maximum atomic E-state index is 5.69. The molecule has 0 radical (unpaired) electrons. The van der Waals surface area contributed by atoms with Crippen molar-refractivity contribution in [3.63, 3.8) is 0 Å². The monoisotopic (exact) mass is 156 g/mol. The minimum atomic E-state index is 0.562. The summed E-state index contributed by atoms with van der Waals surface area (Å²) >= 11 is 0. The highest BCUT2D eigenvalue weighted by atomic mass is 15.4. The second kappa shape index (κ2) is 3.11. The van der Waals surface area contributed by atoms with Crippen LogP contribution in [-0.4, -0.2) is 18.1 Å². The first kappa shape index (κ1) is 9.01. The summed E-state index contributed by atoms with van der Waals surface area (Å²) < 4.78 is 0. The van der Waals surface area contributed by atoms with Gasteiger partial charge in [-0.3, -0.25) is 5.84 Å². The lowest BCUT2D eigenvalue weighted by molar-refractivity contribution is 0.129. The quantitative estimate of drug-likeness (QED) is 0.463. The van der Waals surface area contributed by atoms with Gasteiger partial charge in [-0.15, -0.1) is 0 Å². The number of hydrazine groups is 1. The Labute approximate surface area is 69.7 Å². The molecule has 1 aliphatic rings. The maximum Gasteiger partial charge on any atom is 0.0238 e. The third kappa shape index (κ3) is 2.46. The molecule has 0 amide bonds. The molecule has 0 aromatic heterocycles. The van der Waals surface area contributed by atoms with Crippen LogP contribution in [0.15, 0.2) is 0 Å². The number of rotatable bonds is 1. The minimum absolute atomic E-state index is 0.562. The highest BCUT2D eigenvalue weighted by Gasteiger charge is 2.27. The predicted molar refractivity (Wildman–Crippen MR) is 48.0 cm³/mol. The number of nitrogens with zero attached hydrogens (tertiary/aromatic N) is 1. The Bertz CT molecular complexity index is 120. The third-order valence-corrected chi connectivity index (χ3v) is 2.88. The maximum absolute atomic E-state index is 5.69. The van der Waals surface area contributed by atoms with E-state index in [1.807, 2.05) is 12.1 Å². The minimum Gasteiger partial charge on any atom is -0.269 e. The second-order valence-electron chi connectivity index (χ2n) is 4.56. The van der Waals surface area contributed by atoms with Crippen molar-refractivity contribution in [1.82, 2.24) is 5.01 Å². The van der Waals surface area contributed by atoms with E-state index in [4.69, 9.17) is 5.84 Å². The first-order valence-electron chi connectivity index (χ1n) is 4.49. The van der Waals surface area contributed by atoms with Gasteiger partial charge in [-0.1, -0.05) is 13.8 Å². The molecule has 0 saturated heterocycles. The Morgan fingerprint density at radius 3 is 2.09 bits per heavy atom. The zero-order valence-electron chi connectivity index (χ0n) is 7.93. The molecule has 0 unspecified atom stereocenters. The molecule has 0 aromatic rings. The Hall–Kier alpha value is -0.0800. The number of nitrogens with two attached hydrogens (primary N) is 1. The second-order valence-corrected chi connectivity index (χ2v) is 4.56. The van der Waals surface area contributed by atoms with Crippen molar-refractivity contribution in [2.75, 3.05) is 7.05 Å². The van der Waals surface area contributed by atoms with E-state index >= 15 is 0 Å². The van der Waals surface area contributed by atoms with Crippen molar-refractivity contribution in [1.29, 1.82) is 0 Å². The first-order chi connectivity index (χ1) is 5.01. The van der Waals surface area contributed by atoms with Crippen LogP contribution in [-0.2, 0) is 0 Å². The molecule has 0 aliphatic heterocycles. The summed E-state index contributed by atoms with van der Waals surface area (Å²) in [5, 5.41) is 1.87. The van der Waals surface area contributed by atoms with Crippen molar-refractivity contribution in [3.8, 4) is 0 Å². The van der Waals surface area contributed by atoms with Gasteiger partial charge in [0, 0.05) is 13.1 Å². The largest absolute Gasteiger partial charge is 0.269 e. The van der Waals surface area contributed by atoms with Crippen LogP contribution in [0.1, 0.15) is 39.5 Å². The normalized spacial score (nSPS) is 25.9. The fourth-order valence-electron chi connectivity index (χ4n) is 1.79. The lowest BCUT2D eigenvalue weighted by Gasteiger charge is -2.36. The van der Waals surface area contributed by atoms with Crippen molar-refractivity contribution in [2.24, 2.45) is 11.3 Å². The molecule has 11 heavy (non-hydrogen) atoms. The third-order valence-electron chi connectivity index (χ3n) is 2.88. The molecule has 1 fully saturated rings. The molecule has 2 heteroatoms. The van der Waals surface area contributed by atoms with Crippen LogP contribution in [0.4, 0.5) is 0 Å². The zero-order chi connectivity index (χ0) is 8.48. The van der Waals surface area contributed by atoms with Crippen molar-refractivity contribution in [2.45, 2.75) is 45.6 Å². The average Bonchev–Trinajstić information content (AvgIpc) is 1.86. The fraction of sp³-hybridized carbons (Fsp3) is 1.00. The van der Waals surface area contributed by atoms with E-state index in [0.29, 0.717) is 11.5 Å². The Kier molecular flexibility index (Phi) is 2.55. The van der Waals surface area contributed by atoms with Gasteiger partial charge < -0.3 is 0 Å². The van der Waals surface area contributed by atoms with Crippen molar-refractivity contribution in [3.05, 3.63) is 0 Å². The van der Waals surface area contributed by atoms with E-state index in [2.05, 4.69) is 13.8 Å². The molecule has 1 saturated carbocycles. The van der Waals surface area contributed by atoms with Crippen molar-refractivity contribution >= 4 is 0 Å². The Morgan fingerprint density at radius 2 is 1.73 bits per heavy atom. The van der Waals surface area contributed by atoms with E-state index in [1.165, 1.54) is 25.7 Å². The average molecular weight is 156 g/mol. The van der Waals surface area contributed by atoms with Gasteiger partial charge in [0.1, 0.15) is 0 Å². The van der Waals surface area contributed by atoms with Crippen LogP contribution < -0.4 is 5.84 Å². The first-order valence-corrected chi connectivity index (χ1v) is 4.49. The van der Waals surface area contributed by atoms with E-state index in [0.717, 1.165) is 0 Å². The molecular weight excluding hydrogens is 136 g/mol. The van der Waals surface area contributed by atoms with Gasteiger partial charge in [0.15, 0.2) is 0 Å². The topological polar surface area (TPSA) is 29.3 Å². The number of hydrogen-bond donors (Lipinski definition) is 1. The van der Waals surface area contributed by atoms with Gasteiger partial charge in [0.25, 0.3) is 0 Å². The van der Waals surface area contributed by atoms with Gasteiger partial charge in [-0.25, -0.2) is 5.01 Å². The molecular formula is C9H20N2. The van der Waals surface area contributed by atoms with Crippen LogP contribution >= 0.6 is 0 Å².